The molecule has 3 aliphatic rings. The molecule has 0 radical (unpaired) electrons. The van der Waals surface area contributed by atoms with Gasteiger partial charge in [-0.1, -0.05) is 11.3 Å². The fourth-order valence-corrected chi connectivity index (χ4v) is 5.71. The normalized spacial score (nSPS) is 26.4. The van der Waals surface area contributed by atoms with Crippen molar-refractivity contribution < 1.29 is 4.79 Å². The molecule has 1 N–H and O–H groups in total. The highest BCUT2D eigenvalue weighted by atomic mass is 32.1. The van der Waals surface area contributed by atoms with Gasteiger partial charge in [-0.05, 0) is 69.3 Å². The smallest absolute Gasteiger partial charge is 0.261 e. The lowest BCUT2D eigenvalue weighted by atomic mass is 9.72. The molecule has 6 rings (SSSR count). The number of carbonyl (C=O) groups is 1. The zero-order valence-electron chi connectivity index (χ0n) is 15.6. The lowest BCUT2D eigenvalue weighted by Crippen LogP contribution is -2.69. The number of rotatable bonds is 3. The SMILES string of the molecule is CC1(C)[C@H](NC(=O)c2cc3ccc(-n4ccnn4)cc3s2)C2CCN1CC2. The third kappa shape index (κ3) is 2.76. The fraction of sp³-hybridized carbons (Fsp3) is 0.450. The van der Waals surface area contributed by atoms with E-state index in [1.807, 2.05) is 24.4 Å². The molecule has 7 heteroatoms. The molecule has 3 saturated heterocycles. The summed E-state index contributed by atoms with van der Waals surface area (Å²) in [5.41, 5.74) is 0.973. The first-order valence-electron chi connectivity index (χ1n) is 9.48. The molecular weight excluding hydrogens is 358 g/mol. The Bertz CT molecular complexity index is 985. The Kier molecular flexibility index (Phi) is 3.84. The number of aromatic nitrogens is 3. The van der Waals surface area contributed by atoms with Gasteiger partial charge in [0.05, 0.1) is 23.0 Å². The number of benzene rings is 1. The Hall–Kier alpha value is -2.25. The maximum Gasteiger partial charge on any atom is 0.261 e. The molecule has 0 aliphatic carbocycles. The molecule has 1 amide bonds. The summed E-state index contributed by atoms with van der Waals surface area (Å²) in [6.07, 6.45) is 5.84. The second kappa shape index (κ2) is 6.14. The van der Waals surface area contributed by atoms with Crippen LogP contribution in [0.15, 0.2) is 36.7 Å². The standard InChI is InChI=1S/C20H23N5OS/c1-20(2)18(13-5-8-24(20)9-6-13)22-19(26)17-11-14-3-4-15(12-16(14)27-17)25-10-7-21-23-25/h3-4,7,10-13,18H,5-6,8-9H2,1-2H3,(H,22,26)/t18-/m1/s1. The summed E-state index contributed by atoms with van der Waals surface area (Å²) >= 11 is 1.54. The van der Waals surface area contributed by atoms with Gasteiger partial charge in [0.15, 0.2) is 0 Å². The van der Waals surface area contributed by atoms with E-state index in [9.17, 15) is 4.79 Å². The third-order valence-corrected chi connectivity index (χ3v) is 7.38. The Morgan fingerprint density at radius 3 is 2.78 bits per heavy atom. The van der Waals surface area contributed by atoms with Crippen molar-refractivity contribution in [2.24, 2.45) is 5.92 Å². The molecule has 1 aromatic carbocycles. The van der Waals surface area contributed by atoms with Crippen molar-refractivity contribution in [3.05, 3.63) is 41.5 Å². The molecule has 0 unspecified atom stereocenters. The Morgan fingerprint density at radius 1 is 1.26 bits per heavy atom. The molecular formula is C20H23N5OS. The summed E-state index contributed by atoms with van der Waals surface area (Å²) in [4.78, 5) is 16.3. The Morgan fingerprint density at radius 2 is 2.07 bits per heavy atom. The Balaban J connectivity index is 1.41. The van der Waals surface area contributed by atoms with Crippen LogP contribution >= 0.6 is 11.3 Å². The number of piperidine rings is 3. The molecule has 1 atom stereocenters. The van der Waals surface area contributed by atoms with Gasteiger partial charge in [-0.2, -0.15) is 0 Å². The highest BCUT2D eigenvalue weighted by molar-refractivity contribution is 7.20. The number of nitrogens with one attached hydrogen (secondary N) is 1. The van der Waals surface area contributed by atoms with Gasteiger partial charge in [0.1, 0.15) is 0 Å². The number of amides is 1. The molecule has 27 heavy (non-hydrogen) atoms. The van der Waals surface area contributed by atoms with Crippen molar-refractivity contribution in [1.82, 2.24) is 25.2 Å². The molecule has 3 fully saturated rings. The largest absolute Gasteiger partial charge is 0.346 e. The van der Waals surface area contributed by atoms with Gasteiger partial charge < -0.3 is 5.32 Å². The molecule has 2 bridgehead atoms. The van der Waals surface area contributed by atoms with E-state index >= 15 is 0 Å². The second-order valence-electron chi connectivity index (χ2n) is 8.11. The first-order valence-corrected chi connectivity index (χ1v) is 10.3. The minimum absolute atomic E-state index is 0.0216. The van der Waals surface area contributed by atoms with Crippen LogP contribution in [-0.2, 0) is 0 Å². The number of carbonyl (C=O) groups excluding carboxylic acids is 1. The van der Waals surface area contributed by atoms with Gasteiger partial charge in [-0.3, -0.25) is 9.69 Å². The van der Waals surface area contributed by atoms with Gasteiger partial charge in [0.2, 0.25) is 0 Å². The topological polar surface area (TPSA) is 63.1 Å². The minimum Gasteiger partial charge on any atom is -0.346 e. The predicted molar refractivity (Wildman–Crippen MR) is 106 cm³/mol. The quantitative estimate of drug-likeness (QED) is 0.757. The number of nitrogens with zero attached hydrogens (tertiary/aromatic N) is 4. The van der Waals surface area contributed by atoms with E-state index in [1.54, 1.807) is 10.9 Å². The van der Waals surface area contributed by atoms with Crippen molar-refractivity contribution >= 4 is 27.3 Å². The van der Waals surface area contributed by atoms with Crippen LogP contribution < -0.4 is 5.32 Å². The summed E-state index contributed by atoms with van der Waals surface area (Å²) in [5, 5.41) is 12.3. The molecule has 140 valence electrons. The van der Waals surface area contributed by atoms with E-state index in [-0.39, 0.29) is 17.5 Å². The van der Waals surface area contributed by atoms with E-state index in [4.69, 9.17) is 0 Å². The molecule has 5 heterocycles. The van der Waals surface area contributed by atoms with Crippen LogP contribution in [0.4, 0.5) is 0 Å². The van der Waals surface area contributed by atoms with Gasteiger partial charge in [-0.15, -0.1) is 16.4 Å². The summed E-state index contributed by atoms with van der Waals surface area (Å²) in [6.45, 7) is 6.83. The van der Waals surface area contributed by atoms with Crippen molar-refractivity contribution in [3.8, 4) is 5.69 Å². The minimum atomic E-state index is 0.0216. The highest BCUT2D eigenvalue weighted by Gasteiger charge is 2.48. The van der Waals surface area contributed by atoms with Crippen LogP contribution in [0.2, 0.25) is 0 Å². The van der Waals surface area contributed by atoms with Crippen LogP contribution in [0.25, 0.3) is 15.8 Å². The third-order valence-electron chi connectivity index (χ3n) is 6.29. The maximum atomic E-state index is 13.0. The van der Waals surface area contributed by atoms with Crippen molar-refractivity contribution in [2.45, 2.75) is 38.3 Å². The van der Waals surface area contributed by atoms with Gasteiger partial charge in [0.25, 0.3) is 5.91 Å². The molecule has 0 saturated carbocycles. The number of fused-ring (bicyclic) bond motifs is 4. The summed E-state index contributed by atoms with van der Waals surface area (Å²) in [6, 6.07) is 8.31. The van der Waals surface area contributed by atoms with Crippen LogP contribution in [0, 0.1) is 5.92 Å². The van der Waals surface area contributed by atoms with Crippen molar-refractivity contribution in [2.75, 3.05) is 13.1 Å². The summed E-state index contributed by atoms with van der Waals surface area (Å²) < 4.78 is 2.82. The summed E-state index contributed by atoms with van der Waals surface area (Å²) in [5.74, 6) is 0.632. The van der Waals surface area contributed by atoms with Gasteiger partial charge in [-0.25, -0.2) is 4.68 Å². The average molecular weight is 382 g/mol. The van der Waals surface area contributed by atoms with E-state index in [1.165, 1.54) is 24.2 Å². The van der Waals surface area contributed by atoms with E-state index < -0.39 is 0 Å². The maximum absolute atomic E-state index is 13.0. The van der Waals surface area contributed by atoms with Crippen LogP contribution in [0.3, 0.4) is 0 Å². The number of hydrogen-bond donors (Lipinski definition) is 1. The lowest BCUT2D eigenvalue weighted by Gasteiger charge is -2.56. The monoisotopic (exact) mass is 381 g/mol. The molecule has 2 aromatic heterocycles. The number of thiophene rings is 1. The van der Waals surface area contributed by atoms with Gasteiger partial charge >= 0.3 is 0 Å². The molecule has 6 nitrogen and oxygen atoms in total. The van der Waals surface area contributed by atoms with Crippen LogP contribution in [-0.4, -0.2) is 50.5 Å². The average Bonchev–Trinajstić information content (AvgIpc) is 3.33. The van der Waals surface area contributed by atoms with E-state index in [2.05, 4.69) is 40.4 Å². The molecule has 0 spiro atoms. The zero-order valence-corrected chi connectivity index (χ0v) is 16.4. The van der Waals surface area contributed by atoms with Crippen molar-refractivity contribution in [1.29, 1.82) is 0 Å². The zero-order chi connectivity index (χ0) is 18.6. The number of hydrogen-bond acceptors (Lipinski definition) is 5. The summed E-state index contributed by atoms with van der Waals surface area (Å²) in [7, 11) is 0. The van der Waals surface area contributed by atoms with Crippen LogP contribution in [0.5, 0.6) is 0 Å². The predicted octanol–water partition coefficient (Wildman–Crippen LogP) is 3.08. The first-order chi connectivity index (χ1) is 13.0. The fourth-order valence-electron chi connectivity index (χ4n) is 4.71. The van der Waals surface area contributed by atoms with E-state index in [0.29, 0.717) is 5.92 Å². The van der Waals surface area contributed by atoms with Crippen LogP contribution in [0.1, 0.15) is 36.4 Å². The second-order valence-corrected chi connectivity index (χ2v) is 9.19. The molecule has 3 aromatic rings. The van der Waals surface area contributed by atoms with Crippen molar-refractivity contribution in [3.63, 3.8) is 0 Å². The lowest BCUT2D eigenvalue weighted by molar-refractivity contribution is -0.0377. The highest BCUT2D eigenvalue weighted by Crippen LogP contribution is 2.39. The van der Waals surface area contributed by atoms with Gasteiger partial charge in [0, 0.05) is 16.3 Å². The Labute approximate surface area is 162 Å². The molecule has 3 aliphatic heterocycles. The first kappa shape index (κ1) is 16.9. The van der Waals surface area contributed by atoms with E-state index in [0.717, 1.165) is 33.7 Å².